The Hall–Kier alpha value is -4.62. The van der Waals surface area contributed by atoms with Crippen molar-refractivity contribution in [2.75, 3.05) is 54.4 Å². The Labute approximate surface area is 263 Å². The molecule has 1 saturated heterocycles. The number of anilines is 3. The second kappa shape index (κ2) is 11.8. The summed E-state index contributed by atoms with van der Waals surface area (Å²) in [6, 6.07) is 26.6. The molecule has 222 valence electrons. The predicted octanol–water partition coefficient (Wildman–Crippen LogP) is 6.96. The molecule has 0 atom stereocenters. The van der Waals surface area contributed by atoms with Gasteiger partial charge in [-0.15, -0.1) is 0 Å². The number of fused-ring (bicyclic) bond motifs is 2. The third-order valence-corrected chi connectivity index (χ3v) is 8.99. The lowest BCUT2D eigenvalue weighted by Crippen LogP contribution is -2.48. The van der Waals surface area contributed by atoms with Gasteiger partial charge in [-0.2, -0.15) is 0 Å². The largest absolute Gasteiger partial charge is 0.367 e. The zero-order valence-electron chi connectivity index (χ0n) is 25.1. The number of carbonyl (C=O) groups excluding carboxylic acids is 1. The number of hydrogen-bond donors (Lipinski definition) is 1. The first-order valence-corrected chi connectivity index (χ1v) is 15.6. The van der Waals surface area contributed by atoms with Crippen molar-refractivity contribution in [1.29, 1.82) is 0 Å². The molecule has 3 aromatic carbocycles. The van der Waals surface area contributed by atoms with Crippen molar-refractivity contribution in [3.63, 3.8) is 0 Å². The number of piperazine rings is 1. The summed E-state index contributed by atoms with van der Waals surface area (Å²) in [7, 11) is 0. The Morgan fingerprint density at radius 2 is 1.66 bits per heavy atom. The number of nitrogens with one attached hydrogen (secondary N) is 1. The van der Waals surface area contributed by atoms with E-state index < -0.39 is 0 Å². The number of aryl methyl sites for hydroxylation is 2. The first-order valence-electron chi connectivity index (χ1n) is 15.2. The van der Waals surface area contributed by atoms with Gasteiger partial charge in [0.2, 0.25) is 0 Å². The van der Waals surface area contributed by atoms with E-state index in [9.17, 15) is 4.79 Å². The highest BCUT2D eigenvalue weighted by Gasteiger charge is 2.24. The van der Waals surface area contributed by atoms with Gasteiger partial charge in [-0.3, -0.25) is 9.78 Å². The first-order chi connectivity index (χ1) is 21.4. The van der Waals surface area contributed by atoms with Crippen molar-refractivity contribution in [3.8, 4) is 11.1 Å². The fourth-order valence-electron chi connectivity index (χ4n) is 6.28. The summed E-state index contributed by atoms with van der Waals surface area (Å²) in [6.45, 7) is 9.58. The number of rotatable bonds is 5. The van der Waals surface area contributed by atoms with Crippen LogP contribution in [-0.2, 0) is 6.54 Å². The number of amides is 1. The van der Waals surface area contributed by atoms with Gasteiger partial charge < -0.3 is 20.0 Å². The number of para-hydroxylation sites is 1. The molecule has 0 radical (unpaired) electrons. The molecule has 2 aliphatic rings. The lowest BCUT2D eigenvalue weighted by molar-refractivity contribution is 0.0747. The summed E-state index contributed by atoms with van der Waals surface area (Å²) < 4.78 is 0. The quantitative estimate of drug-likeness (QED) is 0.235. The van der Waals surface area contributed by atoms with Crippen LogP contribution in [0.5, 0.6) is 0 Å². The van der Waals surface area contributed by atoms with Crippen LogP contribution in [0.2, 0.25) is 5.02 Å². The van der Waals surface area contributed by atoms with Crippen LogP contribution in [-0.4, -0.2) is 60.0 Å². The van der Waals surface area contributed by atoms with Gasteiger partial charge in [-0.05, 0) is 73.0 Å². The molecule has 44 heavy (non-hydrogen) atoms. The fourth-order valence-corrected chi connectivity index (χ4v) is 6.48. The smallest absolute Gasteiger partial charge is 0.253 e. The second-order valence-electron chi connectivity index (χ2n) is 11.7. The summed E-state index contributed by atoms with van der Waals surface area (Å²) in [4.78, 5) is 29.6. The van der Waals surface area contributed by atoms with E-state index in [1.807, 2.05) is 60.5 Å². The Bertz CT molecular complexity index is 1850. The Kier molecular flexibility index (Phi) is 7.56. The minimum absolute atomic E-state index is 0.0720. The SMILES string of the molecule is Cc1cc(N2CCN(C(=O)c3ccc(-c4cnc5c(c4)N(Cc4cc(Cl)ccc4C)CCN5)cc3)CC2)c2ccccc2n1. The van der Waals surface area contributed by atoms with Gasteiger partial charge in [0.15, 0.2) is 0 Å². The van der Waals surface area contributed by atoms with Crippen molar-refractivity contribution in [1.82, 2.24) is 14.9 Å². The van der Waals surface area contributed by atoms with E-state index in [4.69, 9.17) is 16.6 Å². The average Bonchev–Trinajstić information content (AvgIpc) is 3.06. The molecule has 7 rings (SSSR count). The van der Waals surface area contributed by atoms with Crippen molar-refractivity contribution >= 4 is 45.6 Å². The van der Waals surface area contributed by atoms with Crippen molar-refractivity contribution < 1.29 is 4.79 Å². The zero-order chi connectivity index (χ0) is 30.2. The van der Waals surface area contributed by atoms with Gasteiger partial charge >= 0.3 is 0 Å². The minimum Gasteiger partial charge on any atom is -0.367 e. The molecular weight excluding hydrogens is 568 g/mol. The van der Waals surface area contributed by atoms with Crippen LogP contribution in [0.1, 0.15) is 27.2 Å². The number of benzene rings is 3. The molecule has 7 nitrogen and oxygen atoms in total. The van der Waals surface area contributed by atoms with Crippen LogP contribution in [0.3, 0.4) is 0 Å². The van der Waals surface area contributed by atoms with Gasteiger partial charge in [-0.25, -0.2) is 4.98 Å². The Balaban J connectivity index is 1.05. The molecule has 0 bridgehead atoms. The van der Waals surface area contributed by atoms with E-state index in [0.29, 0.717) is 18.7 Å². The summed E-state index contributed by atoms with van der Waals surface area (Å²) in [5.74, 6) is 0.961. The highest BCUT2D eigenvalue weighted by Crippen LogP contribution is 2.34. The maximum Gasteiger partial charge on any atom is 0.253 e. The Morgan fingerprint density at radius 1 is 0.864 bits per heavy atom. The third kappa shape index (κ3) is 5.55. The fraction of sp³-hybridized carbons (Fsp3) is 0.250. The third-order valence-electron chi connectivity index (χ3n) is 8.75. The molecular formula is C36H35ClN6O. The van der Waals surface area contributed by atoms with Crippen molar-refractivity contribution in [2.45, 2.75) is 20.4 Å². The molecule has 0 unspecified atom stereocenters. The lowest BCUT2D eigenvalue weighted by atomic mass is 10.0. The molecule has 0 aliphatic carbocycles. The summed E-state index contributed by atoms with van der Waals surface area (Å²) >= 11 is 6.31. The standard InChI is InChI=1S/C36H35ClN6O/c1-24-7-12-30(37)20-29(24)23-43-14-13-38-35-34(43)21-28(22-39-35)26-8-10-27(11-9-26)36(44)42-17-15-41(16-18-42)33-19-25(2)40-32-6-4-3-5-31(32)33/h3-12,19-22H,13-18,23H2,1-2H3,(H,38,39). The predicted molar refractivity (Wildman–Crippen MR) is 180 cm³/mol. The van der Waals surface area contributed by atoms with E-state index in [-0.39, 0.29) is 5.91 Å². The topological polar surface area (TPSA) is 64.6 Å². The number of nitrogens with zero attached hydrogens (tertiary/aromatic N) is 5. The van der Waals surface area contributed by atoms with Gasteiger partial charge in [0.05, 0.1) is 11.2 Å². The van der Waals surface area contributed by atoms with Crippen molar-refractivity contribution in [3.05, 3.63) is 112 Å². The normalized spacial score (nSPS) is 14.8. The molecule has 2 aliphatic heterocycles. The Morgan fingerprint density at radius 3 is 2.48 bits per heavy atom. The minimum atomic E-state index is 0.0720. The summed E-state index contributed by atoms with van der Waals surface area (Å²) in [6.07, 6.45) is 1.90. The van der Waals surface area contributed by atoms with Crippen LogP contribution >= 0.6 is 11.6 Å². The van der Waals surface area contributed by atoms with Crippen LogP contribution in [0, 0.1) is 13.8 Å². The van der Waals surface area contributed by atoms with Crippen LogP contribution in [0.4, 0.5) is 17.2 Å². The van der Waals surface area contributed by atoms with Crippen LogP contribution in [0.15, 0.2) is 85.1 Å². The number of pyridine rings is 2. The van der Waals surface area contributed by atoms with Crippen LogP contribution in [0.25, 0.3) is 22.0 Å². The highest BCUT2D eigenvalue weighted by molar-refractivity contribution is 6.30. The molecule has 1 amide bonds. The van der Waals surface area contributed by atoms with E-state index in [2.05, 4.69) is 63.4 Å². The molecule has 0 spiro atoms. The zero-order valence-corrected chi connectivity index (χ0v) is 25.8. The maximum atomic E-state index is 13.5. The number of hydrogen-bond acceptors (Lipinski definition) is 6. The van der Waals surface area contributed by atoms with E-state index >= 15 is 0 Å². The highest BCUT2D eigenvalue weighted by atomic mass is 35.5. The van der Waals surface area contributed by atoms with Gasteiger partial charge in [0.25, 0.3) is 5.91 Å². The summed E-state index contributed by atoms with van der Waals surface area (Å²) in [5, 5.41) is 5.34. The van der Waals surface area contributed by atoms with E-state index in [1.54, 1.807) is 0 Å². The molecule has 5 aromatic rings. The van der Waals surface area contributed by atoms with Gasteiger partial charge in [0.1, 0.15) is 5.82 Å². The van der Waals surface area contributed by atoms with Crippen molar-refractivity contribution in [2.24, 2.45) is 0 Å². The second-order valence-corrected chi connectivity index (χ2v) is 12.1. The molecule has 1 N–H and O–H groups in total. The monoisotopic (exact) mass is 602 g/mol. The lowest BCUT2D eigenvalue weighted by Gasteiger charge is -2.36. The molecule has 2 aromatic heterocycles. The summed E-state index contributed by atoms with van der Waals surface area (Å²) in [5.41, 5.74) is 9.48. The maximum absolute atomic E-state index is 13.5. The molecule has 1 fully saturated rings. The number of aromatic nitrogens is 2. The molecule has 0 saturated carbocycles. The van der Waals surface area contributed by atoms with Crippen LogP contribution < -0.4 is 15.1 Å². The van der Waals surface area contributed by atoms with E-state index in [0.717, 1.165) is 77.0 Å². The average molecular weight is 603 g/mol. The molecule has 8 heteroatoms. The van der Waals surface area contributed by atoms with E-state index in [1.165, 1.54) is 16.8 Å². The molecule has 4 heterocycles. The van der Waals surface area contributed by atoms with Gasteiger partial charge in [-0.1, -0.05) is 48.0 Å². The first kappa shape index (κ1) is 28.2. The number of carbonyl (C=O) groups is 1. The van der Waals surface area contributed by atoms with Gasteiger partial charge in [0, 0.05) is 84.9 Å². The number of halogens is 1.